The van der Waals surface area contributed by atoms with Gasteiger partial charge in [0.25, 0.3) is 0 Å². The first-order chi connectivity index (χ1) is 18.9. The van der Waals surface area contributed by atoms with Crippen LogP contribution < -0.4 is 9.80 Å². The molecule has 0 unspecified atom stereocenters. The summed E-state index contributed by atoms with van der Waals surface area (Å²) in [6.45, 7) is -0.295. The zero-order valence-corrected chi connectivity index (χ0v) is 22.2. The van der Waals surface area contributed by atoms with Crippen molar-refractivity contribution in [1.29, 1.82) is 0 Å². The Hall–Kier alpha value is -3.99. The number of nitrogens with zero attached hydrogens (tertiary/aromatic N) is 4. The first-order valence-electron chi connectivity index (χ1n) is 13.0. The van der Waals surface area contributed by atoms with E-state index in [1.165, 1.54) is 6.07 Å². The number of para-hydroxylation sites is 2. The van der Waals surface area contributed by atoms with Crippen molar-refractivity contribution in [2.24, 2.45) is 0 Å². The molecular formula is C31H23IrN4O. The van der Waals surface area contributed by atoms with Gasteiger partial charge >= 0.3 is 20.1 Å². The van der Waals surface area contributed by atoms with Crippen LogP contribution in [0.1, 0.15) is 9.81 Å². The minimum absolute atomic E-state index is 0. The molecule has 0 saturated carbocycles. The Morgan fingerprint density at radius 3 is 2.49 bits per heavy atom. The molecule has 0 N–H and O–H groups in total. The van der Waals surface area contributed by atoms with E-state index < -0.39 is 6.85 Å². The van der Waals surface area contributed by atoms with E-state index >= 15 is 0 Å². The second-order valence-corrected chi connectivity index (χ2v) is 8.30. The molecule has 3 aromatic carbocycles. The Morgan fingerprint density at radius 1 is 0.865 bits per heavy atom. The van der Waals surface area contributed by atoms with Crippen molar-refractivity contribution in [2.45, 2.75) is 6.85 Å². The average Bonchev–Trinajstić information content (AvgIpc) is 3.51. The molecule has 4 heterocycles. The Morgan fingerprint density at radius 2 is 1.70 bits per heavy atom. The molecule has 0 saturated heterocycles. The van der Waals surface area contributed by atoms with Crippen LogP contribution in [-0.2, 0) is 20.1 Å². The number of furan rings is 1. The van der Waals surface area contributed by atoms with Gasteiger partial charge in [0.05, 0.1) is 0 Å². The van der Waals surface area contributed by atoms with Gasteiger partial charge in [-0.05, 0) is 49.9 Å². The fraction of sp³-hybridized carbons (Fsp3) is 0.0645. The summed E-state index contributed by atoms with van der Waals surface area (Å²) in [5.74, 6) is 0. The van der Waals surface area contributed by atoms with Gasteiger partial charge in [0, 0.05) is 38.3 Å². The van der Waals surface area contributed by atoms with Crippen LogP contribution in [0.3, 0.4) is 0 Å². The molecule has 5 nitrogen and oxygen atoms in total. The second-order valence-electron chi connectivity index (χ2n) is 8.30. The van der Waals surface area contributed by atoms with Gasteiger partial charge in [-0.1, -0.05) is 35.3 Å². The molecule has 6 aromatic rings. The van der Waals surface area contributed by atoms with Crippen molar-refractivity contribution in [2.75, 3.05) is 16.8 Å². The minimum atomic E-state index is -2.27. The molecule has 0 bridgehead atoms. The third kappa shape index (κ3) is 4.74. The van der Waals surface area contributed by atoms with Crippen LogP contribution in [0.15, 0.2) is 102 Å². The maximum Gasteiger partial charge on any atom is 3.00 e. The molecule has 0 spiro atoms. The quantitative estimate of drug-likeness (QED) is 0.182. The van der Waals surface area contributed by atoms with E-state index in [-0.39, 0.29) is 25.8 Å². The number of fused-ring (bicyclic) bond motifs is 4. The standard InChI is InChI=1S/C20H15N3O.C11H8N.Ir/c1-13-10-11-15-14-6-5-9-18(19(14)24-20(15)21-13)23-12-22(2)16-7-3-4-8-17(16)23;1-2-6-10(7-3-1)11-8-4-5-9-12-11;/h3-8,10-12H,1-2H3;1-6,8-9H;/q-2;-1;+3/i1D3;;. The second kappa shape index (κ2) is 10.6. The van der Waals surface area contributed by atoms with Crippen LogP contribution >= 0.6 is 0 Å². The maximum absolute atomic E-state index is 7.57. The SMILES string of the molecule is [2H]C([2H])([2H])c1ccc2c(n1)oc1c(N3[CH-]N(C)c4ccccc43)[c-]ccc12.[Ir+3].[c-]1ccccc1-c1ccccn1. The summed E-state index contributed by atoms with van der Waals surface area (Å²) in [6.07, 6.45) is 1.79. The van der Waals surface area contributed by atoms with E-state index in [0.717, 1.165) is 39.1 Å². The van der Waals surface area contributed by atoms with Gasteiger partial charge in [0.2, 0.25) is 5.71 Å². The molecule has 7 rings (SSSR count). The van der Waals surface area contributed by atoms with Gasteiger partial charge in [-0.15, -0.1) is 35.9 Å². The summed E-state index contributed by atoms with van der Waals surface area (Å²) in [5.41, 5.74) is 5.86. The first-order valence-corrected chi connectivity index (χ1v) is 11.5. The van der Waals surface area contributed by atoms with E-state index in [1.807, 2.05) is 96.3 Å². The number of hydrogen-bond acceptors (Lipinski definition) is 5. The summed E-state index contributed by atoms with van der Waals surface area (Å²) < 4.78 is 28.7. The third-order valence-electron chi connectivity index (χ3n) is 5.98. The largest absolute Gasteiger partial charge is 3.00 e. The fourth-order valence-electron chi connectivity index (χ4n) is 4.30. The first kappa shape index (κ1) is 21.1. The maximum atomic E-state index is 7.57. The molecule has 0 aliphatic carbocycles. The van der Waals surface area contributed by atoms with Crippen molar-refractivity contribution in [3.05, 3.63) is 122 Å². The van der Waals surface area contributed by atoms with Gasteiger partial charge in [-0.3, -0.25) is 0 Å². The molecule has 3 aromatic heterocycles. The van der Waals surface area contributed by atoms with Crippen molar-refractivity contribution < 1.29 is 28.6 Å². The topological polar surface area (TPSA) is 45.4 Å². The third-order valence-corrected chi connectivity index (χ3v) is 5.98. The van der Waals surface area contributed by atoms with Crippen LogP contribution in [-0.4, -0.2) is 17.0 Å². The zero-order valence-electron chi connectivity index (χ0n) is 22.8. The number of aryl methyl sites for hydroxylation is 1. The Kier molecular flexibility index (Phi) is 6.03. The molecule has 1 aliphatic heterocycles. The predicted octanol–water partition coefficient (Wildman–Crippen LogP) is 7.34. The van der Waals surface area contributed by atoms with Crippen molar-refractivity contribution in [3.63, 3.8) is 0 Å². The minimum Gasteiger partial charge on any atom is -0.504 e. The zero-order chi connectivity index (χ0) is 27.0. The smallest absolute Gasteiger partial charge is 0.504 e. The van der Waals surface area contributed by atoms with E-state index in [1.54, 1.807) is 12.3 Å². The molecule has 37 heavy (non-hydrogen) atoms. The van der Waals surface area contributed by atoms with Gasteiger partial charge in [-0.25, -0.2) is 4.98 Å². The Bertz CT molecular complexity index is 1720. The number of pyridine rings is 2. The summed E-state index contributed by atoms with van der Waals surface area (Å²) >= 11 is 0. The molecule has 182 valence electrons. The fourth-order valence-corrected chi connectivity index (χ4v) is 4.30. The molecule has 0 amide bonds. The van der Waals surface area contributed by atoms with Crippen LogP contribution in [0.25, 0.3) is 33.3 Å². The number of aromatic nitrogens is 2. The predicted molar refractivity (Wildman–Crippen MR) is 145 cm³/mol. The van der Waals surface area contributed by atoms with Crippen molar-refractivity contribution in [3.8, 4) is 11.3 Å². The van der Waals surface area contributed by atoms with Gasteiger partial charge < -0.3 is 19.2 Å². The number of anilines is 3. The van der Waals surface area contributed by atoms with E-state index in [9.17, 15) is 0 Å². The van der Waals surface area contributed by atoms with Crippen molar-refractivity contribution >= 4 is 39.1 Å². The van der Waals surface area contributed by atoms with Gasteiger partial charge in [0.15, 0.2) is 0 Å². The van der Waals surface area contributed by atoms with Crippen LogP contribution in [0.5, 0.6) is 0 Å². The average molecular weight is 663 g/mol. The van der Waals surface area contributed by atoms with Crippen LogP contribution in [0.2, 0.25) is 0 Å². The Balaban J connectivity index is 0.000000209. The van der Waals surface area contributed by atoms with Crippen LogP contribution in [0, 0.1) is 25.7 Å². The Labute approximate surface area is 234 Å². The molecule has 0 fully saturated rings. The monoisotopic (exact) mass is 663 g/mol. The summed E-state index contributed by atoms with van der Waals surface area (Å²) in [6, 6.07) is 35.2. The molecule has 6 heteroatoms. The number of benzene rings is 3. The van der Waals surface area contributed by atoms with Crippen molar-refractivity contribution in [1.82, 2.24) is 9.97 Å². The number of hydrogen-bond donors (Lipinski definition) is 0. The van der Waals surface area contributed by atoms with Crippen LogP contribution in [0.4, 0.5) is 17.1 Å². The molecule has 0 atom stereocenters. The molecular weight excluding hydrogens is 637 g/mol. The normalized spacial score (nSPS) is 13.7. The van der Waals surface area contributed by atoms with Gasteiger partial charge in [0.1, 0.15) is 0 Å². The number of rotatable bonds is 2. The molecule has 0 radical (unpaired) electrons. The van der Waals surface area contributed by atoms with E-state index in [0.29, 0.717) is 11.3 Å². The summed E-state index contributed by atoms with van der Waals surface area (Å²) in [4.78, 5) is 12.5. The van der Waals surface area contributed by atoms with E-state index in [2.05, 4.69) is 28.2 Å². The summed E-state index contributed by atoms with van der Waals surface area (Å²) in [5, 5.41) is 1.66. The summed E-state index contributed by atoms with van der Waals surface area (Å²) in [7, 11) is 1.99. The molecule has 1 aliphatic rings. The van der Waals surface area contributed by atoms with E-state index in [4.69, 9.17) is 8.53 Å². The van der Waals surface area contributed by atoms with Gasteiger partial charge in [-0.2, -0.15) is 24.9 Å².